The molecule has 0 fully saturated rings. The van der Waals surface area contributed by atoms with E-state index in [0.717, 1.165) is 49.1 Å². The first-order chi connectivity index (χ1) is 19.5. The fraction of sp³-hybridized carbons (Fsp3) is 0.579. The van der Waals surface area contributed by atoms with Gasteiger partial charge < -0.3 is 5.53 Å². The van der Waals surface area contributed by atoms with E-state index in [1.54, 1.807) is 0 Å². The maximum Gasteiger partial charge on any atom is 0.210 e. The largest absolute Gasteiger partial charge is 0.493 e. The zero-order valence-corrected chi connectivity index (χ0v) is 26.5. The van der Waals surface area contributed by atoms with E-state index in [-0.39, 0.29) is 0 Å². The number of benzene rings is 2. The van der Waals surface area contributed by atoms with Crippen molar-refractivity contribution >= 4 is 11.4 Å². The summed E-state index contributed by atoms with van der Waals surface area (Å²) < 4.78 is 1.51. The van der Waals surface area contributed by atoms with Gasteiger partial charge in [-0.15, -0.1) is 0 Å². The number of allylic oxidation sites excluding steroid dienone is 2. The van der Waals surface area contributed by atoms with Gasteiger partial charge in [-0.25, -0.2) is 4.70 Å². The van der Waals surface area contributed by atoms with E-state index in [1.165, 1.54) is 115 Å². The molecule has 40 heavy (non-hydrogen) atoms. The molecule has 3 rings (SSSR count). The molecule has 2 heteroatoms. The van der Waals surface area contributed by atoms with Crippen LogP contribution < -0.4 is 0 Å². The average molecular weight is 541 g/mol. The zero-order chi connectivity index (χ0) is 28.7. The van der Waals surface area contributed by atoms with Crippen molar-refractivity contribution in [3.8, 4) is 0 Å². The molecule has 0 radical (unpaired) electrons. The molecule has 0 aromatic heterocycles. The number of hydrogen-bond donors (Lipinski definition) is 0. The highest BCUT2D eigenvalue weighted by atomic mass is 15.2. The van der Waals surface area contributed by atoms with Crippen LogP contribution in [0.15, 0.2) is 48.0 Å². The van der Waals surface area contributed by atoms with E-state index in [9.17, 15) is 5.53 Å². The molecular formula is C38H56N2. The molecule has 1 aliphatic rings. The van der Waals surface area contributed by atoms with Gasteiger partial charge >= 0.3 is 0 Å². The summed E-state index contributed by atoms with van der Waals surface area (Å²) in [6.07, 6.45) is 22.6. The molecule has 0 saturated heterocycles. The molecule has 0 amide bonds. The lowest BCUT2D eigenvalue weighted by atomic mass is 9.95. The summed E-state index contributed by atoms with van der Waals surface area (Å²) in [5, 5.41) is 0. The van der Waals surface area contributed by atoms with Gasteiger partial charge in [-0.1, -0.05) is 98.1 Å². The van der Waals surface area contributed by atoms with E-state index < -0.39 is 0 Å². The fourth-order valence-corrected chi connectivity index (χ4v) is 6.04. The molecule has 2 aromatic carbocycles. The van der Waals surface area contributed by atoms with Crippen molar-refractivity contribution in [2.24, 2.45) is 0 Å². The van der Waals surface area contributed by atoms with Gasteiger partial charge in [0.1, 0.15) is 0 Å². The minimum atomic E-state index is 0.903. The summed E-state index contributed by atoms with van der Waals surface area (Å²) in [7, 11) is 0. The Bertz CT molecular complexity index is 1090. The fourth-order valence-electron chi connectivity index (χ4n) is 6.04. The molecular weight excluding hydrogens is 484 g/mol. The van der Waals surface area contributed by atoms with Gasteiger partial charge in [0.05, 0.1) is 0 Å². The van der Waals surface area contributed by atoms with Gasteiger partial charge in [0.15, 0.2) is 0 Å². The molecule has 218 valence electrons. The summed E-state index contributed by atoms with van der Waals surface area (Å²) in [6.45, 7) is 11.3. The summed E-state index contributed by atoms with van der Waals surface area (Å²) in [6, 6.07) is 14.2. The molecule has 2 aromatic rings. The number of aryl methyl sites for hydroxylation is 4. The van der Waals surface area contributed by atoms with Gasteiger partial charge in [0.25, 0.3) is 0 Å². The standard InChI is InChI=1S/C38H56N2/c1-6-11-15-19-30-23-31(20-16-12-7-2)26-35(25-30)37-29-34(10-5)38(40(37)39)36-27-32(21-17-13-8-3)24-33(28-36)22-18-14-9-4/h23-29H,6-22H2,1-5H3. The van der Waals surface area contributed by atoms with E-state index in [4.69, 9.17) is 0 Å². The average Bonchev–Trinajstić information content (AvgIpc) is 3.29. The quantitative estimate of drug-likeness (QED) is 0.125. The first-order valence-electron chi connectivity index (χ1n) is 16.7. The Morgan fingerprint density at radius 1 is 0.500 bits per heavy atom. The third-order valence-corrected chi connectivity index (χ3v) is 8.39. The molecule has 0 unspecified atom stereocenters. The van der Waals surface area contributed by atoms with Crippen LogP contribution in [0.25, 0.3) is 16.9 Å². The SMILES string of the molecule is CCCCCc1cc(CCCCC)cc(C2=CC(CC)=C(c3cc(CCCCC)cc(CCCCC)c3)[N+]2=[N-])c1. The lowest BCUT2D eigenvalue weighted by Gasteiger charge is -2.14. The molecule has 1 aliphatic heterocycles. The first kappa shape index (κ1) is 32.0. The van der Waals surface area contributed by atoms with Gasteiger partial charge in [-0.05, 0) is 104 Å². The summed E-state index contributed by atoms with van der Waals surface area (Å²) in [4.78, 5) is 0. The summed E-state index contributed by atoms with van der Waals surface area (Å²) in [5.41, 5.74) is 22.9. The van der Waals surface area contributed by atoms with E-state index >= 15 is 0 Å². The molecule has 0 bridgehead atoms. The van der Waals surface area contributed by atoms with Crippen molar-refractivity contribution in [2.45, 2.75) is 144 Å². The van der Waals surface area contributed by atoms with Gasteiger partial charge in [-0.3, -0.25) is 0 Å². The highest BCUT2D eigenvalue weighted by molar-refractivity contribution is 5.79. The second-order valence-electron chi connectivity index (χ2n) is 12.0. The highest BCUT2D eigenvalue weighted by Gasteiger charge is 2.29. The van der Waals surface area contributed by atoms with Crippen molar-refractivity contribution in [2.75, 3.05) is 0 Å². The monoisotopic (exact) mass is 540 g/mol. The Morgan fingerprint density at radius 2 is 0.875 bits per heavy atom. The van der Waals surface area contributed by atoms with Gasteiger partial charge in [-0.2, -0.15) is 0 Å². The van der Waals surface area contributed by atoms with Crippen molar-refractivity contribution < 1.29 is 4.70 Å². The second-order valence-corrected chi connectivity index (χ2v) is 12.0. The Hall–Kier alpha value is -2.48. The minimum Gasteiger partial charge on any atom is -0.493 e. The van der Waals surface area contributed by atoms with Gasteiger partial charge in [0.2, 0.25) is 11.4 Å². The van der Waals surface area contributed by atoms with E-state index in [1.807, 2.05) is 0 Å². The smallest absolute Gasteiger partial charge is 0.210 e. The van der Waals surface area contributed by atoms with Crippen LogP contribution in [0.2, 0.25) is 0 Å². The Labute approximate surface area is 246 Å². The van der Waals surface area contributed by atoms with Crippen molar-refractivity contribution in [1.29, 1.82) is 0 Å². The topological polar surface area (TPSA) is 25.3 Å². The Morgan fingerprint density at radius 3 is 1.23 bits per heavy atom. The molecule has 0 N–H and O–H groups in total. The molecule has 0 atom stereocenters. The second kappa shape index (κ2) is 17.4. The lowest BCUT2D eigenvalue weighted by Crippen LogP contribution is -2.05. The van der Waals surface area contributed by atoms with E-state index in [0.29, 0.717) is 0 Å². The number of nitrogens with zero attached hydrogens (tertiary/aromatic N) is 2. The lowest BCUT2D eigenvalue weighted by molar-refractivity contribution is -0.344. The molecule has 0 aliphatic carbocycles. The normalized spacial score (nSPS) is 13.4. The van der Waals surface area contributed by atoms with Crippen LogP contribution in [-0.2, 0) is 25.7 Å². The number of rotatable bonds is 19. The van der Waals surface area contributed by atoms with Crippen LogP contribution >= 0.6 is 0 Å². The van der Waals surface area contributed by atoms with Gasteiger partial charge in [0, 0.05) is 22.8 Å². The first-order valence-corrected chi connectivity index (χ1v) is 16.7. The Kier molecular flexibility index (Phi) is 13.9. The predicted molar refractivity (Wildman–Crippen MR) is 175 cm³/mol. The number of unbranched alkanes of at least 4 members (excludes halogenated alkanes) is 8. The maximum absolute atomic E-state index is 11.8. The Balaban J connectivity index is 1.95. The van der Waals surface area contributed by atoms with Crippen LogP contribution in [-0.4, -0.2) is 4.70 Å². The van der Waals surface area contributed by atoms with Crippen molar-refractivity contribution in [3.05, 3.63) is 87.0 Å². The molecule has 1 heterocycles. The van der Waals surface area contributed by atoms with Crippen LogP contribution in [0, 0.1) is 0 Å². The highest BCUT2D eigenvalue weighted by Crippen LogP contribution is 2.38. The summed E-state index contributed by atoms with van der Waals surface area (Å²) in [5.74, 6) is 0. The van der Waals surface area contributed by atoms with Crippen LogP contribution in [0.1, 0.15) is 151 Å². The summed E-state index contributed by atoms with van der Waals surface area (Å²) >= 11 is 0. The molecule has 0 saturated carbocycles. The van der Waals surface area contributed by atoms with Crippen LogP contribution in [0.5, 0.6) is 0 Å². The molecule has 2 nitrogen and oxygen atoms in total. The third-order valence-electron chi connectivity index (χ3n) is 8.39. The van der Waals surface area contributed by atoms with Crippen LogP contribution in [0.3, 0.4) is 0 Å². The molecule has 0 spiro atoms. The van der Waals surface area contributed by atoms with Crippen molar-refractivity contribution in [1.82, 2.24) is 0 Å². The zero-order valence-electron chi connectivity index (χ0n) is 26.5. The predicted octanol–water partition coefficient (Wildman–Crippen LogP) is 11.8. The van der Waals surface area contributed by atoms with Crippen LogP contribution in [0.4, 0.5) is 0 Å². The number of hydrogen-bond acceptors (Lipinski definition) is 0. The van der Waals surface area contributed by atoms with Crippen molar-refractivity contribution in [3.63, 3.8) is 0 Å². The minimum absolute atomic E-state index is 0.903. The van der Waals surface area contributed by atoms with E-state index in [2.05, 4.69) is 77.1 Å². The third kappa shape index (κ3) is 9.28. The maximum atomic E-state index is 11.8.